The summed E-state index contributed by atoms with van der Waals surface area (Å²) in [7, 11) is 3.33. The number of carbonyl (C=O) groups is 1. The topological polar surface area (TPSA) is 214 Å². The Balaban J connectivity index is 1.04. The molecule has 55 heavy (non-hydrogen) atoms. The normalized spacial score (nSPS) is 46.9. The van der Waals surface area contributed by atoms with Gasteiger partial charge in [-0.1, -0.05) is 25.5 Å². The van der Waals surface area contributed by atoms with Gasteiger partial charge in [0.25, 0.3) is 0 Å². The zero-order valence-electron chi connectivity index (χ0n) is 32.4. The molecule has 1 unspecified atom stereocenters. The summed E-state index contributed by atoms with van der Waals surface area (Å²) in [6, 6.07) is 5.88. The Labute approximate surface area is 322 Å². The predicted octanol–water partition coefficient (Wildman–Crippen LogP) is 1.57. The fraction of sp³-hybridized carbons (Fsp3) is 0.780. The van der Waals surface area contributed by atoms with Crippen molar-refractivity contribution in [1.29, 1.82) is 0 Å². The van der Waals surface area contributed by atoms with Crippen molar-refractivity contribution in [3.8, 4) is 11.5 Å². The van der Waals surface area contributed by atoms with Gasteiger partial charge in [0.15, 0.2) is 12.6 Å². The molecule has 308 valence electrons. The standard InChI is InChI=1S/C41H60O14/c1-19(44)31-25(24-15-21(50-4)7-9-28(24)51-5)16-27-23-8-6-20-14-22(10-12-40(20,2)26(23)11-13-41(27,31)3)52-38-36(49)34(47)37(30(18-43)54-38)55-39-35(48)33(46)32(45)29(17-42)53-39/h6-7,9,15,22-23,25-27,29-39,42-43,45-49H,8,10-14,16-18H2,1-5H3/t22-,23+,25?,26-,27-,29+,30+,31-,32-,33-,34+,35+,36+,37+,38+,39-,40-,41-/m0/s1. The van der Waals surface area contributed by atoms with E-state index in [0.29, 0.717) is 30.6 Å². The third-order valence-electron chi connectivity index (χ3n) is 14.7. The third-order valence-corrected chi connectivity index (χ3v) is 14.7. The molecule has 1 aromatic carbocycles. The molecule has 6 aliphatic rings. The van der Waals surface area contributed by atoms with Gasteiger partial charge in [0, 0.05) is 11.5 Å². The number of hydrogen-bond acceptors (Lipinski definition) is 14. The molecular formula is C41H60O14. The molecule has 0 bridgehead atoms. The van der Waals surface area contributed by atoms with Gasteiger partial charge in [-0.15, -0.1) is 0 Å². The highest BCUT2D eigenvalue weighted by atomic mass is 16.7. The first kappa shape index (κ1) is 41.0. The van der Waals surface area contributed by atoms with Crippen LogP contribution in [0.2, 0.25) is 0 Å². The minimum atomic E-state index is -1.74. The molecule has 3 saturated carbocycles. The van der Waals surface area contributed by atoms with Gasteiger partial charge >= 0.3 is 0 Å². The summed E-state index contributed by atoms with van der Waals surface area (Å²) in [5.74, 6) is 2.87. The van der Waals surface area contributed by atoms with Gasteiger partial charge in [0.1, 0.15) is 66.1 Å². The van der Waals surface area contributed by atoms with Crippen LogP contribution in [-0.2, 0) is 23.7 Å². The van der Waals surface area contributed by atoms with Crippen LogP contribution in [0.25, 0.3) is 0 Å². The Morgan fingerprint density at radius 1 is 0.836 bits per heavy atom. The van der Waals surface area contributed by atoms with Crippen LogP contribution >= 0.6 is 0 Å². The van der Waals surface area contributed by atoms with E-state index in [4.69, 9.17) is 28.4 Å². The van der Waals surface area contributed by atoms with E-state index in [2.05, 4.69) is 19.9 Å². The number of benzene rings is 1. The number of aliphatic hydroxyl groups is 7. The molecule has 2 heterocycles. The van der Waals surface area contributed by atoms with Crippen LogP contribution in [0.1, 0.15) is 77.2 Å². The molecule has 0 spiro atoms. The van der Waals surface area contributed by atoms with Gasteiger partial charge in [-0.3, -0.25) is 4.79 Å². The monoisotopic (exact) mass is 776 g/mol. The van der Waals surface area contributed by atoms with Gasteiger partial charge in [0.05, 0.1) is 33.5 Å². The molecule has 7 rings (SSSR count). The number of allylic oxidation sites excluding steroid dienone is 1. The van der Waals surface area contributed by atoms with E-state index < -0.39 is 74.6 Å². The van der Waals surface area contributed by atoms with E-state index in [1.54, 1.807) is 21.1 Å². The summed E-state index contributed by atoms with van der Waals surface area (Å²) in [4.78, 5) is 13.5. The Hall–Kier alpha value is -2.21. The number of carbonyl (C=O) groups excluding carboxylic acids is 1. The van der Waals surface area contributed by atoms with Gasteiger partial charge in [-0.25, -0.2) is 0 Å². The average molecular weight is 777 g/mol. The average Bonchev–Trinajstić information content (AvgIpc) is 3.50. The summed E-state index contributed by atoms with van der Waals surface area (Å²) in [6.07, 6.45) is -6.96. The molecule has 2 aliphatic heterocycles. The van der Waals surface area contributed by atoms with Crippen molar-refractivity contribution in [3.63, 3.8) is 0 Å². The molecule has 7 N–H and O–H groups in total. The molecule has 4 aliphatic carbocycles. The lowest BCUT2D eigenvalue weighted by molar-refractivity contribution is -0.363. The molecule has 5 fully saturated rings. The number of aliphatic hydroxyl groups excluding tert-OH is 7. The lowest BCUT2D eigenvalue weighted by Gasteiger charge is -2.58. The SMILES string of the molecule is COc1ccc(OC)c(C2C[C@H]3[C@@H]4CC=C5C[C@@H](O[C@@H]6O[C@H](CO)[C@@H](O[C@@H]7O[C@H](CO)[C@H](O)[C@H](O)[C@H]7O)[C@H](O)[C@H]6O)CC[C@]5(C)[C@H]4CC[C@]3(C)[C@H]2C(C)=O)c1. The maximum atomic E-state index is 13.5. The van der Waals surface area contributed by atoms with Crippen LogP contribution in [0.15, 0.2) is 29.8 Å². The van der Waals surface area contributed by atoms with Crippen LogP contribution in [0.4, 0.5) is 0 Å². The number of Topliss-reactive ketones (excluding diaryl/α,β-unsaturated/α-hetero) is 1. The highest BCUT2D eigenvalue weighted by molar-refractivity contribution is 5.81. The summed E-state index contributed by atoms with van der Waals surface area (Å²) in [6.45, 7) is 5.15. The molecule has 0 radical (unpaired) electrons. The Morgan fingerprint density at radius 2 is 1.53 bits per heavy atom. The number of hydrogen-bond donors (Lipinski definition) is 7. The Bertz CT molecular complexity index is 1570. The zero-order chi connectivity index (χ0) is 39.6. The number of methoxy groups -OCH3 is 2. The van der Waals surface area contributed by atoms with E-state index in [0.717, 1.165) is 49.2 Å². The number of ether oxygens (including phenoxy) is 6. The maximum Gasteiger partial charge on any atom is 0.187 e. The van der Waals surface area contributed by atoms with Crippen LogP contribution in [0.5, 0.6) is 11.5 Å². The number of rotatable bonds is 10. The van der Waals surface area contributed by atoms with Crippen molar-refractivity contribution < 1.29 is 69.0 Å². The van der Waals surface area contributed by atoms with Crippen molar-refractivity contribution in [2.75, 3.05) is 27.4 Å². The van der Waals surface area contributed by atoms with Crippen LogP contribution in [0.3, 0.4) is 0 Å². The molecule has 0 amide bonds. The quantitative estimate of drug-likeness (QED) is 0.168. The second kappa shape index (κ2) is 15.9. The fourth-order valence-electron chi connectivity index (χ4n) is 11.8. The molecule has 14 nitrogen and oxygen atoms in total. The highest BCUT2D eigenvalue weighted by Crippen LogP contribution is 2.69. The van der Waals surface area contributed by atoms with Gasteiger partial charge < -0.3 is 64.2 Å². The third kappa shape index (κ3) is 6.96. The lowest BCUT2D eigenvalue weighted by atomic mass is 9.47. The number of ketones is 1. The van der Waals surface area contributed by atoms with E-state index in [1.165, 1.54) is 5.57 Å². The van der Waals surface area contributed by atoms with Crippen molar-refractivity contribution in [2.45, 2.75) is 139 Å². The van der Waals surface area contributed by atoms with E-state index in [1.807, 2.05) is 18.2 Å². The molecule has 18 atom stereocenters. The van der Waals surface area contributed by atoms with Crippen LogP contribution < -0.4 is 9.47 Å². The summed E-state index contributed by atoms with van der Waals surface area (Å²) >= 11 is 0. The molecule has 0 aromatic heterocycles. The minimum absolute atomic E-state index is 0.0286. The second-order valence-electron chi connectivity index (χ2n) is 17.3. The summed E-state index contributed by atoms with van der Waals surface area (Å²) < 4.78 is 34.9. The minimum Gasteiger partial charge on any atom is -0.497 e. The molecule has 14 heteroatoms. The van der Waals surface area contributed by atoms with E-state index in [9.17, 15) is 40.5 Å². The first-order valence-corrected chi connectivity index (χ1v) is 19.9. The molecular weight excluding hydrogens is 716 g/mol. The van der Waals surface area contributed by atoms with Crippen LogP contribution in [-0.4, -0.2) is 136 Å². The van der Waals surface area contributed by atoms with Crippen molar-refractivity contribution in [3.05, 3.63) is 35.4 Å². The van der Waals surface area contributed by atoms with Crippen molar-refractivity contribution in [2.24, 2.45) is 34.5 Å². The molecule has 2 saturated heterocycles. The first-order valence-electron chi connectivity index (χ1n) is 19.9. The lowest BCUT2D eigenvalue weighted by Crippen LogP contribution is -2.65. The fourth-order valence-corrected chi connectivity index (χ4v) is 11.8. The Kier molecular flexibility index (Phi) is 11.8. The van der Waals surface area contributed by atoms with Crippen molar-refractivity contribution in [1.82, 2.24) is 0 Å². The Morgan fingerprint density at radius 3 is 2.20 bits per heavy atom. The van der Waals surface area contributed by atoms with Gasteiger partial charge in [-0.05, 0) is 105 Å². The van der Waals surface area contributed by atoms with Gasteiger partial charge in [-0.2, -0.15) is 0 Å². The maximum absolute atomic E-state index is 13.5. The number of fused-ring (bicyclic) bond motifs is 5. The summed E-state index contributed by atoms with van der Waals surface area (Å²) in [5, 5.41) is 72.9. The largest absolute Gasteiger partial charge is 0.497 e. The highest BCUT2D eigenvalue weighted by Gasteiger charge is 2.63. The van der Waals surface area contributed by atoms with E-state index >= 15 is 0 Å². The van der Waals surface area contributed by atoms with Crippen molar-refractivity contribution >= 4 is 5.78 Å². The first-order chi connectivity index (χ1) is 26.2. The van der Waals surface area contributed by atoms with E-state index in [-0.39, 0.29) is 34.6 Å². The van der Waals surface area contributed by atoms with Gasteiger partial charge in [0.2, 0.25) is 0 Å². The van der Waals surface area contributed by atoms with Crippen LogP contribution in [0, 0.1) is 34.5 Å². The smallest absolute Gasteiger partial charge is 0.187 e. The summed E-state index contributed by atoms with van der Waals surface area (Å²) in [5.41, 5.74) is 2.15. The molecule has 1 aromatic rings. The zero-order valence-corrected chi connectivity index (χ0v) is 32.4. The second-order valence-corrected chi connectivity index (χ2v) is 17.3. The predicted molar refractivity (Wildman–Crippen MR) is 195 cm³/mol.